The van der Waals surface area contributed by atoms with E-state index in [0.717, 1.165) is 54.3 Å². The highest BCUT2D eigenvalue weighted by atomic mass is 16.5. The largest absolute Gasteiger partial charge is 0.496 e. The maximum Gasteiger partial charge on any atom is 0.219 e. The average Bonchev–Trinajstić information content (AvgIpc) is 3.07. The maximum absolute atomic E-state index is 11.8. The normalized spacial score (nSPS) is 17.5. The quantitative estimate of drug-likeness (QED) is 0.724. The Morgan fingerprint density at radius 2 is 2.00 bits per heavy atom. The van der Waals surface area contributed by atoms with Crippen molar-refractivity contribution in [3.05, 3.63) is 54.5 Å². The molecule has 1 aliphatic heterocycles. The van der Waals surface area contributed by atoms with Crippen LogP contribution in [0.1, 0.15) is 31.5 Å². The monoisotopic (exact) mass is 349 g/mol. The average molecular weight is 349 g/mol. The van der Waals surface area contributed by atoms with E-state index in [2.05, 4.69) is 16.7 Å². The lowest BCUT2D eigenvalue weighted by molar-refractivity contribution is -0.130. The number of imidazole rings is 1. The number of amides is 1. The lowest BCUT2D eigenvalue weighted by Gasteiger charge is -2.31. The molecule has 0 aliphatic carbocycles. The Bertz CT molecular complexity index is 947. The number of ether oxygens (including phenoxy) is 1. The molecule has 0 N–H and O–H groups in total. The van der Waals surface area contributed by atoms with Crippen LogP contribution >= 0.6 is 0 Å². The van der Waals surface area contributed by atoms with E-state index >= 15 is 0 Å². The number of benzene rings is 1. The second-order valence-electron chi connectivity index (χ2n) is 6.78. The van der Waals surface area contributed by atoms with Crippen LogP contribution in [-0.2, 0) is 4.79 Å². The molecule has 1 atom stereocenters. The number of piperidine rings is 1. The second kappa shape index (κ2) is 6.83. The van der Waals surface area contributed by atoms with Gasteiger partial charge in [0.1, 0.15) is 17.3 Å². The van der Waals surface area contributed by atoms with E-state index in [1.165, 1.54) is 0 Å². The molecule has 134 valence electrons. The van der Waals surface area contributed by atoms with Crippen molar-refractivity contribution in [1.82, 2.24) is 14.3 Å². The van der Waals surface area contributed by atoms with Crippen molar-refractivity contribution in [3.63, 3.8) is 0 Å². The van der Waals surface area contributed by atoms with Crippen LogP contribution in [0.15, 0.2) is 48.7 Å². The predicted octanol–water partition coefficient (Wildman–Crippen LogP) is 3.74. The Kier molecular flexibility index (Phi) is 4.37. The fourth-order valence-electron chi connectivity index (χ4n) is 3.86. The number of hydrogen-bond acceptors (Lipinski definition) is 3. The van der Waals surface area contributed by atoms with Gasteiger partial charge in [-0.1, -0.05) is 18.2 Å². The van der Waals surface area contributed by atoms with Crippen molar-refractivity contribution in [3.8, 4) is 17.0 Å². The van der Waals surface area contributed by atoms with Crippen LogP contribution in [-0.4, -0.2) is 40.4 Å². The van der Waals surface area contributed by atoms with Crippen LogP contribution in [0.5, 0.6) is 5.75 Å². The van der Waals surface area contributed by atoms with E-state index in [1.54, 1.807) is 14.0 Å². The molecule has 3 heterocycles. The Morgan fingerprint density at radius 1 is 1.19 bits per heavy atom. The Labute approximate surface area is 153 Å². The number of fused-ring (bicyclic) bond motifs is 1. The third kappa shape index (κ3) is 2.83. The molecule has 1 fully saturated rings. The van der Waals surface area contributed by atoms with Crippen LogP contribution in [0.3, 0.4) is 0 Å². The second-order valence-corrected chi connectivity index (χ2v) is 6.78. The summed E-state index contributed by atoms with van der Waals surface area (Å²) in [5.41, 5.74) is 2.98. The van der Waals surface area contributed by atoms with E-state index in [4.69, 9.17) is 9.72 Å². The van der Waals surface area contributed by atoms with Gasteiger partial charge in [0.05, 0.1) is 12.6 Å². The molecule has 1 saturated heterocycles. The van der Waals surface area contributed by atoms with Crippen LogP contribution in [0.4, 0.5) is 0 Å². The minimum atomic E-state index is 0.139. The molecule has 0 spiro atoms. The molecule has 0 saturated carbocycles. The first kappa shape index (κ1) is 16.6. The summed E-state index contributed by atoms with van der Waals surface area (Å²) in [5, 5.41) is 0. The molecule has 3 aromatic rings. The van der Waals surface area contributed by atoms with Gasteiger partial charge in [0.15, 0.2) is 0 Å². The predicted molar refractivity (Wildman–Crippen MR) is 101 cm³/mol. The number of methoxy groups -OCH3 is 1. The van der Waals surface area contributed by atoms with Gasteiger partial charge in [-0.2, -0.15) is 0 Å². The number of pyridine rings is 1. The van der Waals surface area contributed by atoms with E-state index in [-0.39, 0.29) is 11.8 Å². The number of carbonyl (C=O) groups is 1. The Morgan fingerprint density at radius 3 is 2.81 bits per heavy atom. The van der Waals surface area contributed by atoms with Gasteiger partial charge in [-0.3, -0.25) is 4.79 Å². The summed E-state index contributed by atoms with van der Waals surface area (Å²) < 4.78 is 7.71. The SMILES string of the molecule is COc1ccccc1-c1nc(C2CCCN(C(C)=O)C2)n2ccccc12. The van der Waals surface area contributed by atoms with Crippen LogP contribution in [0.25, 0.3) is 16.8 Å². The van der Waals surface area contributed by atoms with Gasteiger partial charge in [0.25, 0.3) is 0 Å². The molecule has 1 unspecified atom stereocenters. The van der Waals surface area contributed by atoms with Crippen molar-refractivity contribution in [2.75, 3.05) is 20.2 Å². The summed E-state index contributed by atoms with van der Waals surface area (Å²) in [4.78, 5) is 18.8. The van der Waals surface area contributed by atoms with Gasteiger partial charge < -0.3 is 14.0 Å². The van der Waals surface area contributed by atoms with Gasteiger partial charge in [0, 0.05) is 37.7 Å². The topological polar surface area (TPSA) is 46.8 Å². The van der Waals surface area contributed by atoms with Crippen LogP contribution in [0, 0.1) is 0 Å². The van der Waals surface area contributed by atoms with Crippen LogP contribution < -0.4 is 4.74 Å². The summed E-state index contributed by atoms with van der Waals surface area (Å²) in [5.74, 6) is 2.22. The number of para-hydroxylation sites is 1. The molecule has 1 amide bonds. The lowest BCUT2D eigenvalue weighted by Crippen LogP contribution is -2.38. The van der Waals surface area contributed by atoms with E-state index in [0.29, 0.717) is 0 Å². The first-order chi connectivity index (χ1) is 12.7. The van der Waals surface area contributed by atoms with E-state index in [9.17, 15) is 4.79 Å². The zero-order valence-electron chi connectivity index (χ0n) is 15.2. The number of likely N-dealkylation sites (tertiary alicyclic amines) is 1. The zero-order chi connectivity index (χ0) is 18.1. The van der Waals surface area contributed by atoms with Crippen LogP contribution in [0.2, 0.25) is 0 Å². The number of nitrogens with zero attached hydrogens (tertiary/aromatic N) is 3. The molecule has 5 heteroatoms. The standard InChI is InChI=1S/C21H23N3O2/c1-15(25)23-12-7-8-16(14-23)21-22-20(18-10-5-6-13-24(18)21)17-9-3-4-11-19(17)26-2/h3-6,9-11,13,16H,7-8,12,14H2,1-2H3. The first-order valence-electron chi connectivity index (χ1n) is 9.05. The third-order valence-electron chi connectivity index (χ3n) is 5.17. The fraction of sp³-hybridized carbons (Fsp3) is 0.333. The van der Waals surface area contributed by atoms with Gasteiger partial charge >= 0.3 is 0 Å². The summed E-state index contributed by atoms with van der Waals surface area (Å²) in [6, 6.07) is 14.1. The van der Waals surface area contributed by atoms with Gasteiger partial charge in [-0.15, -0.1) is 0 Å². The highest BCUT2D eigenvalue weighted by Gasteiger charge is 2.27. The van der Waals surface area contributed by atoms with Crippen molar-refractivity contribution in [2.45, 2.75) is 25.7 Å². The van der Waals surface area contributed by atoms with Crippen molar-refractivity contribution in [2.24, 2.45) is 0 Å². The van der Waals surface area contributed by atoms with Crippen molar-refractivity contribution in [1.29, 1.82) is 0 Å². The molecule has 4 rings (SSSR count). The summed E-state index contributed by atoms with van der Waals surface area (Å²) in [6.45, 7) is 3.22. The molecule has 0 radical (unpaired) electrons. The molecular formula is C21H23N3O2. The maximum atomic E-state index is 11.8. The Balaban J connectivity index is 1.83. The Hall–Kier alpha value is -2.82. The van der Waals surface area contributed by atoms with E-state index in [1.807, 2.05) is 41.3 Å². The number of hydrogen-bond donors (Lipinski definition) is 0. The van der Waals surface area contributed by atoms with Gasteiger partial charge in [-0.25, -0.2) is 4.98 Å². The molecule has 2 aromatic heterocycles. The molecule has 5 nitrogen and oxygen atoms in total. The number of carbonyl (C=O) groups excluding carboxylic acids is 1. The minimum Gasteiger partial charge on any atom is -0.496 e. The van der Waals surface area contributed by atoms with Crippen molar-refractivity contribution < 1.29 is 9.53 Å². The fourth-order valence-corrected chi connectivity index (χ4v) is 3.86. The summed E-state index contributed by atoms with van der Waals surface area (Å²) in [6.07, 6.45) is 4.11. The van der Waals surface area contributed by atoms with Gasteiger partial charge in [-0.05, 0) is 37.1 Å². The highest BCUT2D eigenvalue weighted by molar-refractivity contribution is 5.81. The minimum absolute atomic E-state index is 0.139. The molecule has 0 bridgehead atoms. The zero-order valence-corrected chi connectivity index (χ0v) is 15.2. The van der Waals surface area contributed by atoms with Crippen molar-refractivity contribution >= 4 is 11.4 Å². The van der Waals surface area contributed by atoms with E-state index < -0.39 is 0 Å². The first-order valence-corrected chi connectivity index (χ1v) is 9.05. The van der Waals surface area contributed by atoms with Gasteiger partial charge in [0.2, 0.25) is 5.91 Å². The molecule has 1 aliphatic rings. The highest BCUT2D eigenvalue weighted by Crippen LogP contribution is 2.35. The smallest absolute Gasteiger partial charge is 0.219 e. The summed E-state index contributed by atoms with van der Waals surface area (Å²) >= 11 is 0. The molecular weight excluding hydrogens is 326 g/mol. The molecule has 26 heavy (non-hydrogen) atoms. The summed E-state index contributed by atoms with van der Waals surface area (Å²) in [7, 11) is 1.68. The number of rotatable bonds is 3. The lowest BCUT2D eigenvalue weighted by atomic mass is 9.97. The third-order valence-corrected chi connectivity index (χ3v) is 5.17. The molecule has 1 aromatic carbocycles. The number of aromatic nitrogens is 2.